The van der Waals surface area contributed by atoms with Crippen LogP contribution in [0.3, 0.4) is 0 Å². The molecular formula is C31H52ClNO7Si. The van der Waals surface area contributed by atoms with Gasteiger partial charge in [-0.15, -0.1) is 16.8 Å². The molecule has 3 aliphatic rings. The number of carbonyl (C=O) groups is 2. The van der Waals surface area contributed by atoms with E-state index in [2.05, 4.69) is 45.9 Å². The Kier molecular flexibility index (Phi) is 10.5. The molecule has 0 aromatic heterocycles. The van der Waals surface area contributed by atoms with Crippen LogP contribution in [0, 0.1) is 29.1 Å². The van der Waals surface area contributed by atoms with Crippen LogP contribution < -0.4 is 0 Å². The van der Waals surface area contributed by atoms with E-state index < -0.39 is 42.7 Å². The van der Waals surface area contributed by atoms with E-state index in [1.54, 1.807) is 6.08 Å². The number of esters is 2. The summed E-state index contributed by atoms with van der Waals surface area (Å²) in [5.74, 6) is -1.53. The molecule has 3 rings (SSSR count). The number of alkyl halides is 1. The minimum absolute atomic E-state index is 0.0363. The maximum absolute atomic E-state index is 13.2. The normalized spacial score (nSPS) is 36.6. The first-order valence-electron chi connectivity index (χ1n) is 15.2. The first kappa shape index (κ1) is 34.1. The highest BCUT2D eigenvalue weighted by Crippen LogP contribution is 2.52. The molecule has 0 unspecified atom stereocenters. The number of cyclic esters (lactones) is 1. The minimum Gasteiger partial charge on any atom is -0.462 e. The molecule has 1 saturated heterocycles. The van der Waals surface area contributed by atoms with Crippen molar-refractivity contribution >= 4 is 38.1 Å². The van der Waals surface area contributed by atoms with Crippen molar-refractivity contribution in [3.05, 3.63) is 12.2 Å². The van der Waals surface area contributed by atoms with Crippen LogP contribution in [0.2, 0.25) is 18.1 Å². The molecule has 234 valence electrons. The predicted molar refractivity (Wildman–Crippen MR) is 163 cm³/mol. The Morgan fingerprint density at radius 1 is 1.24 bits per heavy atom. The molecule has 1 heterocycles. The number of nitrogens with zero attached hydrogens (tertiary/aromatic N) is 1. The van der Waals surface area contributed by atoms with E-state index in [-0.39, 0.29) is 47.4 Å². The molecule has 2 aliphatic carbocycles. The lowest BCUT2D eigenvalue weighted by molar-refractivity contribution is -0.181. The molecule has 0 radical (unpaired) electrons. The number of ether oxygens (including phenoxy) is 2. The molecule has 8 nitrogen and oxygen atoms in total. The smallest absolute Gasteiger partial charge is 0.311 e. The maximum Gasteiger partial charge on any atom is 0.311 e. The fourth-order valence-electron chi connectivity index (χ4n) is 6.27. The van der Waals surface area contributed by atoms with Gasteiger partial charge >= 0.3 is 11.9 Å². The largest absolute Gasteiger partial charge is 0.462 e. The van der Waals surface area contributed by atoms with E-state index in [9.17, 15) is 19.9 Å². The first-order chi connectivity index (χ1) is 18.9. The number of oxime groups is 1. The van der Waals surface area contributed by atoms with Gasteiger partial charge in [-0.1, -0.05) is 46.8 Å². The first-order valence-corrected chi connectivity index (χ1v) is 18.5. The van der Waals surface area contributed by atoms with Gasteiger partial charge < -0.3 is 24.2 Å². The lowest BCUT2D eigenvalue weighted by Gasteiger charge is -2.54. The Morgan fingerprint density at radius 3 is 2.49 bits per heavy atom. The fraction of sp³-hybridized carbons (Fsp3) is 0.839. The van der Waals surface area contributed by atoms with Crippen molar-refractivity contribution in [2.75, 3.05) is 0 Å². The van der Waals surface area contributed by atoms with Crippen molar-refractivity contribution in [3.8, 4) is 0 Å². The average molecular weight is 614 g/mol. The van der Waals surface area contributed by atoms with Gasteiger partial charge in [-0.3, -0.25) is 9.59 Å². The molecule has 1 aliphatic heterocycles. The van der Waals surface area contributed by atoms with Gasteiger partial charge in [0, 0.05) is 24.5 Å². The number of aliphatic hydroxyl groups is 1. The van der Waals surface area contributed by atoms with Crippen LogP contribution in [-0.2, 0) is 23.5 Å². The van der Waals surface area contributed by atoms with Gasteiger partial charge in [-0.2, -0.15) is 0 Å². The van der Waals surface area contributed by atoms with Gasteiger partial charge in [0.2, 0.25) is 0 Å². The summed E-state index contributed by atoms with van der Waals surface area (Å²) in [5, 5.41) is 23.8. The van der Waals surface area contributed by atoms with Gasteiger partial charge in [0.1, 0.15) is 17.8 Å². The summed E-state index contributed by atoms with van der Waals surface area (Å²) in [7, 11) is -2.06. The van der Waals surface area contributed by atoms with E-state index >= 15 is 0 Å². The van der Waals surface area contributed by atoms with Crippen LogP contribution in [0.15, 0.2) is 17.3 Å². The standard InChI is InChI=1S/C31H52ClNO7Si/c1-10-30(6,7)28(35)39-24-15-20(18-33-37)27(32)31(36)14-13-19(2)23(26(24)31)12-11-21-16-22(17-25(34)38-21)40-41(8,9)29(3,4)5/h13-14,18-24,26-27,36-37H,10-12,15-17H2,1-9H3/b33-18+/t19-,20-,21+,22+,23-,24-,26-,27-,31-/m0/s1. The predicted octanol–water partition coefficient (Wildman–Crippen LogP) is 6.47. The second kappa shape index (κ2) is 12.7. The van der Waals surface area contributed by atoms with Gasteiger partial charge in [0.05, 0.1) is 23.3 Å². The third-order valence-electron chi connectivity index (χ3n) is 10.3. The number of rotatable bonds is 9. The summed E-state index contributed by atoms with van der Waals surface area (Å²) >= 11 is 6.87. The van der Waals surface area contributed by atoms with Crippen LogP contribution in [0.5, 0.6) is 0 Å². The SMILES string of the molecule is CCC(C)(C)C(=O)O[C@H]1C[C@@H](/C=N/O)[C@H](Cl)[C@]2(O)C=C[C@H](C)[C@H](CC[C@@H]3C[C@@H](O[Si](C)(C)C(C)(C)C)CC(=O)O3)[C@@H]12. The highest BCUT2D eigenvalue weighted by molar-refractivity contribution is 6.74. The van der Waals surface area contributed by atoms with Gasteiger partial charge in [0.15, 0.2) is 8.32 Å². The number of hydrogen-bond donors (Lipinski definition) is 2. The number of hydrogen-bond acceptors (Lipinski definition) is 8. The fourth-order valence-corrected chi connectivity index (χ4v) is 8.02. The topological polar surface area (TPSA) is 115 Å². The van der Waals surface area contributed by atoms with Crippen molar-refractivity contribution in [1.82, 2.24) is 0 Å². The summed E-state index contributed by atoms with van der Waals surface area (Å²) in [6.07, 6.45) is 7.05. The van der Waals surface area contributed by atoms with E-state index in [0.717, 1.165) is 0 Å². The van der Waals surface area contributed by atoms with Crippen LogP contribution in [-0.4, -0.2) is 66.1 Å². The summed E-state index contributed by atoms with van der Waals surface area (Å²) in [4.78, 5) is 25.8. The Hall–Kier alpha value is -1.42. The van der Waals surface area contributed by atoms with E-state index in [0.29, 0.717) is 32.1 Å². The molecule has 0 aromatic carbocycles. The second-order valence-corrected chi connectivity index (χ2v) is 19.9. The zero-order chi connectivity index (χ0) is 31.0. The summed E-state index contributed by atoms with van der Waals surface area (Å²) in [5.41, 5.74) is -2.15. The van der Waals surface area contributed by atoms with Crippen molar-refractivity contribution < 1.29 is 33.8 Å². The Balaban J connectivity index is 1.84. The Bertz CT molecular complexity index is 1010. The second-order valence-electron chi connectivity index (χ2n) is 14.7. The highest BCUT2D eigenvalue weighted by atomic mass is 35.5. The number of carbonyl (C=O) groups excluding carboxylic acids is 2. The molecule has 2 fully saturated rings. The lowest BCUT2D eigenvalue weighted by atomic mass is 9.58. The van der Waals surface area contributed by atoms with Crippen molar-refractivity contribution in [3.63, 3.8) is 0 Å². The van der Waals surface area contributed by atoms with Crippen molar-refractivity contribution in [2.45, 2.75) is 134 Å². The van der Waals surface area contributed by atoms with E-state index in [4.69, 9.17) is 25.5 Å². The average Bonchev–Trinajstić information content (AvgIpc) is 2.86. The molecule has 9 atom stereocenters. The summed E-state index contributed by atoms with van der Waals surface area (Å²) in [6.45, 7) is 18.7. The zero-order valence-corrected chi connectivity index (χ0v) is 28.1. The van der Waals surface area contributed by atoms with Crippen molar-refractivity contribution in [2.24, 2.45) is 34.2 Å². The maximum atomic E-state index is 13.2. The Labute approximate surface area is 252 Å². The van der Waals surface area contributed by atoms with Gasteiger partial charge in [-0.05, 0) is 69.5 Å². The van der Waals surface area contributed by atoms with E-state index in [1.165, 1.54) is 6.21 Å². The molecule has 41 heavy (non-hydrogen) atoms. The quantitative estimate of drug-likeness (QED) is 0.0583. The van der Waals surface area contributed by atoms with Crippen LogP contribution in [0.1, 0.15) is 87.0 Å². The van der Waals surface area contributed by atoms with Crippen LogP contribution >= 0.6 is 11.6 Å². The molecule has 0 bridgehead atoms. The van der Waals surface area contributed by atoms with Gasteiger partial charge in [-0.25, -0.2) is 0 Å². The molecule has 0 aromatic rings. The zero-order valence-electron chi connectivity index (χ0n) is 26.4. The summed E-state index contributed by atoms with van der Waals surface area (Å²) in [6, 6.07) is 0. The number of fused-ring (bicyclic) bond motifs is 1. The number of halogens is 1. The summed E-state index contributed by atoms with van der Waals surface area (Å²) < 4.78 is 18.5. The minimum atomic E-state index is -2.06. The molecule has 0 amide bonds. The monoisotopic (exact) mass is 613 g/mol. The van der Waals surface area contributed by atoms with E-state index in [1.807, 2.05) is 26.8 Å². The van der Waals surface area contributed by atoms with Crippen LogP contribution in [0.4, 0.5) is 0 Å². The third-order valence-corrected chi connectivity index (χ3v) is 15.5. The molecule has 2 N–H and O–H groups in total. The molecule has 10 heteroatoms. The molecule has 0 spiro atoms. The Morgan fingerprint density at radius 2 is 1.90 bits per heavy atom. The number of allylic oxidation sites excluding steroid dienone is 1. The van der Waals surface area contributed by atoms with Gasteiger partial charge in [0.25, 0.3) is 0 Å². The third kappa shape index (κ3) is 7.39. The molecular weight excluding hydrogens is 562 g/mol. The van der Waals surface area contributed by atoms with Crippen molar-refractivity contribution in [1.29, 1.82) is 0 Å². The molecule has 1 saturated carbocycles. The highest BCUT2D eigenvalue weighted by Gasteiger charge is 2.58. The lowest BCUT2D eigenvalue weighted by Crippen LogP contribution is -2.62. The van der Waals surface area contributed by atoms with Crippen LogP contribution in [0.25, 0.3) is 0 Å².